The van der Waals surface area contributed by atoms with Crippen LogP contribution in [0.4, 0.5) is 0 Å². The van der Waals surface area contributed by atoms with Crippen LogP contribution in [-0.4, -0.2) is 12.1 Å². The second-order valence-electron chi connectivity index (χ2n) is 6.61. The SMILES string of the molecule is O=C(OC1CCCCC1)c1ccc(-c2ccc(C#Cc3ccccc3)s2)s1. The van der Waals surface area contributed by atoms with Gasteiger partial charge < -0.3 is 4.74 Å². The third kappa shape index (κ3) is 4.68. The van der Waals surface area contributed by atoms with E-state index >= 15 is 0 Å². The van der Waals surface area contributed by atoms with Crippen molar-refractivity contribution in [2.24, 2.45) is 0 Å². The molecule has 1 saturated carbocycles. The molecule has 4 heteroatoms. The molecule has 4 rings (SSSR count). The molecule has 1 fully saturated rings. The summed E-state index contributed by atoms with van der Waals surface area (Å²) < 4.78 is 5.67. The van der Waals surface area contributed by atoms with Crippen molar-refractivity contribution < 1.29 is 9.53 Å². The summed E-state index contributed by atoms with van der Waals surface area (Å²) in [5, 5.41) is 0. The molecule has 0 radical (unpaired) electrons. The Kier molecular flexibility index (Phi) is 5.72. The minimum atomic E-state index is -0.182. The second-order valence-corrected chi connectivity index (χ2v) is 8.78. The van der Waals surface area contributed by atoms with E-state index in [0.29, 0.717) is 4.88 Å². The van der Waals surface area contributed by atoms with Crippen molar-refractivity contribution in [2.45, 2.75) is 38.2 Å². The van der Waals surface area contributed by atoms with E-state index in [9.17, 15) is 4.79 Å². The molecule has 27 heavy (non-hydrogen) atoms. The lowest BCUT2D eigenvalue weighted by atomic mass is 9.98. The molecule has 0 unspecified atom stereocenters. The summed E-state index contributed by atoms with van der Waals surface area (Å²) >= 11 is 3.15. The zero-order chi connectivity index (χ0) is 18.5. The number of ether oxygens (including phenoxy) is 1. The van der Waals surface area contributed by atoms with Gasteiger partial charge in [-0.05, 0) is 62.1 Å². The predicted octanol–water partition coefficient (Wildman–Crippen LogP) is 6.37. The van der Waals surface area contributed by atoms with Crippen molar-refractivity contribution in [3.05, 3.63) is 69.9 Å². The molecule has 0 saturated heterocycles. The summed E-state index contributed by atoms with van der Waals surface area (Å²) in [6, 6.07) is 18.0. The van der Waals surface area contributed by atoms with Gasteiger partial charge in [0.15, 0.2) is 0 Å². The number of hydrogen-bond acceptors (Lipinski definition) is 4. The third-order valence-electron chi connectivity index (χ3n) is 4.59. The number of benzene rings is 1. The van der Waals surface area contributed by atoms with Gasteiger partial charge in [0.05, 0.1) is 4.88 Å². The number of thiophene rings is 2. The summed E-state index contributed by atoms with van der Waals surface area (Å²) in [6.45, 7) is 0. The van der Waals surface area contributed by atoms with Crippen LogP contribution in [-0.2, 0) is 4.74 Å². The van der Waals surface area contributed by atoms with Gasteiger partial charge in [-0.2, -0.15) is 0 Å². The molecule has 0 atom stereocenters. The van der Waals surface area contributed by atoms with Crippen LogP contribution in [0.5, 0.6) is 0 Å². The monoisotopic (exact) mass is 392 g/mol. The minimum absolute atomic E-state index is 0.0957. The fourth-order valence-electron chi connectivity index (χ4n) is 3.17. The number of rotatable bonds is 3. The maximum atomic E-state index is 12.4. The molecule has 3 aromatic rings. The molecule has 2 aromatic heterocycles. The lowest BCUT2D eigenvalue weighted by Crippen LogP contribution is -2.20. The normalized spacial score (nSPS) is 14.4. The first-order valence-corrected chi connectivity index (χ1v) is 10.9. The van der Waals surface area contributed by atoms with Gasteiger partial charge >= 0.3 is 5.97 Å². The van der Waals surface area contributed by atoms with Gasteiger partial charge in [0.1, 0.15) is 11.0 Å². The van der Waals surface area contributed by atoms with Gasteiger partial charge in [-0.3, -0.25) is 0 Å². The van der Waals surface area contributed by atoms with Crippen LogP contribution < -0.4 is 0 Å². The predicted molar refractivity (Wildman–Crippen MR) is 112 cm³/mol. The van der Waals surface area contributed by atoms with Gasteiger partial charge in [0, 0.05) is 15.3 Å². The number of carbonyl (C=O) groups excluding carboxylic acids is 1. The third-order valence-corrected chi connectivity index (χ3v) is 6.85. The van der Waals surface area contributed by atoms with Crippen LogP contribution in [0.25, 0.3) is 9.75 Å². The average molecular weight is 393 g/mol. The molecule has 136 valence electrons. The highest BCUT2D eigenvalue weighted by Gasteiger charge is 2.20. The first-order chi connectivity index (χ1) is 13.3. The Morgan fingerprint density at radius 1 is 0.852 bits per heavy atom. The molecule has 0 aliphatic heterocycles. The van der Waals surface area contributed by atoms with Crippen LogP contribution in [0.3, 0.4) is 0 Å². The van der Waals surface area contributed by atoms with Crippen molar-refractivity contribution in [1.82, 2.24) is 0 Å². The summed E-state index contributed by atoms with van der Waals surface area (Å²) in [7, 11) is 0. The maximum absolute atomic E-state index is 12.4. The maximum Gasteiger partial charge on any atom is 0.348 e. The molecule has 0 N–H and O–H groups in total. The van der Waals surface area contributed by atoms with Crippen LogP contribution >= 0.6 is 22.7 Å². The highest BCUT2D eigenvalue weighted by Crippen LogP contribution is 2.34. The molecule has 0 amide bonds. The lowest BCUT2D eigenvalue weighted by molar-refractivity contribution is 0.0217. The van der Waals surface area contributed by atoms with Crippen LogP contribution in [0, 0.1) is 11.8 Å². The van der Waals surface area contributed by atoms with Crippen molar-refractivity contribution in [3.8, 4) is 21.6 Å². The molecule has 1 aromatic carbocycles. The average Bonchev–Trinajstić information content (AvgIpc) is 3.37. The van der Waals surface area contributed by atoms with Crippen LogP contribution in [0.15, 0.2) is 54.6 Å². The number of carbonyl (C=O) groups is 1. The van der Waals surface area contributed by atoms with Gasteiger partial charge in [0.25, 0.3) is 0 Å². The van der Waals surface area contributed by atoms with E-state index in [-0.39, 0.29) is 12.1 Å². The van der Waals surface area contributed by atoms with Crippen LogP contribution in [0.2, 0.25) is 0 Å². The molecule has 1 aliphatic carbocycles. The standard InChI is InChI=1S/C23H20O2S2/c24-23(25-18-9-5-2-6-10-18)22-16-15-21(27-22)20-14-13-19(26-20)12-11-17-7-3-1-4-8-17/h1,3-4,7-8,13-16,18H,2,5-6,9-10H2. The smallest absolute Gasteiger partial charge is 0.348 e. The van der Waals surface area contributed by atoms with Crippen molar-refractivity contribution >= 4 is 28.6 Å². The quantitative estimate of drug-likeness (QED) is 0.383. The number of hydrogen-bond donors (Lipinski definition) is 0. The highest BCUT2D eigenvalue weighted by molar-refractivity contribution is 7.23. The molecule has 0 spiro atoms. The summed E-state index contributed by atoms with van der Waals surface area (Å²) in [4.78, 5) is 16.3. The van der Waals surface area contributed by atoms with Gasteiger partial charge in [-0.1, -0.05) is 36.5 Å². The van der Waals surface area contributed by atoms with Crippen molar-refractivity contribution in [1.29, 1.82) is 0 Å². The molecular formula is C23H20O2S2. The van der Waals surface area contributed by atoms with Gasteiger partial charge in [-0.15, -0.1) is 22.7 Å². The van der Waals surface area contributed by atoms with E-state index in [1.165, 1.54) is 17.8 Å². The summed E-state index contributed by atoms with van der Waals surface area (Å²) in [5.74, 6) is 6.22. The summed E-state index contributed by atoms with van der Waals surface area (Å²) in [5.41, 5.74) is 1.01. The largest absolute Gasteiger partial charge is 0.458 e. The fraction of sp³-hybridized carbons (Fsp3) is 0.261. The Balaban J connectivity index is 1.43. The summed E-state index contributed by atoms with van der Waals surface area (Å²) in [6.07, 6.45) is 5.67. The molecule has 0 bridgehead atoms. The van der Waals surface area contributed by atoms with Gasteiger partial charge in [-0.25, -0.2) is 4.79 Å². The fourth-order valence-corrected chi connectivity index (χ4v) is 5.00. The van der Waals surface area contributed by atoms with E-state index in [1.54, 1.807) is 11.3 Å². The Bertz CT molecular complexity index is 966. The highest BCUT2D eigenvalue weighted by atomic mass is 32.1. The Morgan fingerprint density at radius 2 is 1.59 bits per heavy atom. The van der Waals surface area contributed by atoms with Crippen molar-refractivity contribution in [2.75, 3.05) is 0 Å². The number of esters is 1. The lowest BCUT2D eigenvalue weighted by Gasteiger charge is -2.21. The van der Waals surface area contributed by atoms with Gasteiger partial charge in [0.2, 0.25) is 0 Å². The zero-order valence-corrected chi connectivity index (χ0v) is 16.6. The topological polar surface area (TPSA) is 26.3 Å². The molecule has 2 heterocycles. The van der Waals surface area contributed by atoms with E-state index in [2.05, 4.69) is 17.9 Å². The molecule has 1 aliphatic rings. The van der Waals surface area contributed by atoms with Crippen LogP contribution in [0.1, 0.15) is 52.2 Å². The Morgan fingerprint density at radius 3 is 2.41 bits per heavy atom. The first kappa shape index (κ1) is 18.0. The van der Waals surface area contributed by atoms with E-state index in [0.717, 1.165) is 45.9 Å². The molecule has 2 nitrogen and oxygen atoms in total. The Hall–Kier alpha value is -2.35. The minimum Gasteiger partial charge on any atom is -0.458 e. The van der Waals surface area contributed by atoms with E-state index < -0.39 is 0 Å². The van der Waals surface area contributed by atoms with E-state index in [1.807, 2.05) is 48.5 Å². The Labute approximate surface area is 167 Å². The first-order valence-electron chi connectivity index (χ1n) is 9.26. The van der Waals surface area contributed by atoms with Crippen molar-refractivity contribution in [3.63, 3.8) is 0 Å². The van der Waals surface area contributed by atoms with E-state index in [4.69, 9.17) is 4.74 Å². The molecular weight excluding hydrogens is 372 g/mol. The second kappa shape index (κ2) is 8.56. The zero-order valence-electron chi connectivity index (χ0n) is 14.9.